The van der Waals surface area contributed by atoms with Gasteiger partial charge >= 0.3 is 0 Å². The number of carbonyl (C=O) groups is 1. The van der Waals surface area contributed by atoms with Gasteiger partial charge in [0, 0.05) is 20.6 Å². The van der Waals surface area contributed by atoms with Crippen LogP contribution in [0, 0.1) is 6.92 Å². The third kappa shape index (κ3) is 4.18. The molecule has 0 radical (unpaired) electrons. The average molecular weight is 392 g/mol. The highest BCUT2D eigenvalue weighted by Gasteiger charge is 2.36. The summed E-state index contributed by atoms with van der Waals surface area (Å²) in [6, 6.07) is 3.93. The Hall–Kier alpha value is -1.53. The SMILES string of the molecule is COC(CNS(=O)(=O)c1ccc(N2C(=O)CCS2(=O)=O)cc1C)OC. The van der Waals surface area contributed by atoms with E-state index in [0.717, 1.165) is 4.31 Å². The van der Waals surface area contributed by atoms with Crippen LogP contribution in [0.3, 0.4) is 0 Å². The number of nitrogens with one attached hydrogen (secondary N) is 1. The Morgan fingerprint density at radius 3 is 2.40 bits per heavy atom. The monoisotopic (exact) mass is 392 g/mol. The normalized spacial score (nSPS) is 17.4. The van der Waals surface area contributed by atoms with Crippen molar-refractivity contribution in [1.82, 2.24) is 4.72 Å². The summed E-state index contributed by atoms with van der Waals surface area (Å²) in [4.78, 5) is 11.8. The van der Waals surface area contributed by atoms with E-state index in [4.69, 9.17) is 9.47 Å². The number of anilines is 1. The lowest BCUT2D eigenvalue weighted by atomic mass is 10.2. The van der Waals surface area contributed by atoms with Crippen molar-refractivity contribution in [3.8, 4) is 0 Å². The first-order valence-electron chi connectivity index (χ1n) is 7.34. The molecule has 0 aromatic heterocycles. The van der Waals surface area contributed by atoms with Crippen molar-refractivity contribution >= 4 is 31.6 Å². The minimum absolute atomic E-state index is 0.0220. The first-order valence-corrected chi connectivity index (χ1v) is 10.4. The van der Waals surface area contributed by atoms with Gasteiger partial charge in [0.25, 0.3) is 0 Å². The molecule has 0 saturated carbocycles. The molecule has 25 heavy (non-hydrogen) atoms. The number of carbonyl (C=O) groups excluding carboxylic acids is 1. The summed E-state index contributed by atoms with van der Waals surface area (Å²) in [7, 11) is -4.78. The van der Waals surface area contributed by atoms with Crippen molar-refractivity contribution in [2.24, 2.45) is 0 Å². The summed E-state index contributed by atoms with van der Waals surface area (Å²) >= 11 is 0. The number of sulfonamides is 2. The molecule has 1 heterocycles. The summed E-state index contributed by atoms with van der Waals surface area (Å²) in [5, 5.41) is 0. The molecule has 1 fully saturated rings. The molecule has 1 aromatic rings. The van der Waals surface area contributed by atoms with E-state index in [1.54, 1.807) is 0 Å². The molecule has 0 atom stereocenters. The van der Waals surface area contributed by atoms with Crippen LogP contribution in [-0.2, 0) is 34.3 Å². The van der Waals surface area contributed by atoms with Crippen LogP contribution in [0.1, 0.15) is 12.0 Å². The lowest BCUT2D eigenvalue weighted by Crippen LogP contribution is -2.34. The summed E-state index contributed by atoms with van der Waals surface area (Å²) in [6.07, 6.45) is -0.819. The Bertz CT molecular complexity index is 861. The number of ether oxygens (including phenoxy) is 2. The minimum Gasteiger partial charge on any atom is -0.355 e. The van der Waals surface area contributed by atoms with Gasteiger partial charge in [-0.25, -0.2) is 25.9 Å². The van der Waals surface area contributed by atoms with E-state index in [-0.39, 0.29) is 29.3 Å². The predicted octanol–water partition coefficient (Wildman–Crippen LogP) is -0.0413. The van der Waals surface area contributed by atoms with Gasteiger partial charge in [0.15, 0.2) is 6.29 Å². The second-order valence-electron chi connectivity index (χ2n) is 5.43. The average Bonchev–Trinajstić information content (AvgIpc) is 2.81. The molecule has 2 rings (SSSR count). The van der Waals surface area contributed by atoms with E-state index in [9.17, 15) is 21.6 Å². The Kier molecular flexibility index (Phi) is 5.84. The van der Waals surface area contributed by atoms with Gasteiger partial charge in [-0.15, -0.1) is 0 Å². The molecule has 1 aliphatic heterocycles. The smallest absolute Gasteiger partial charge is 0.242 e. The first kappa shape index (κ1) is 19.8. The molecule has 0 bridgehead atoms. The zero-order valence-electron chi connectivity index (χ0n) is 14.1. The van der Waals surface area contributed by atoms with E-state index in [2.05, 4.69) is 4.72 Å². The van der Waals surface area contributed by atoms with E-state index in [1.165, 1.54) is 39.3 Å². The molecule has 1 aromatic carbocycles. The van der Waals surface area contributed by atoms with Gasteiger partial charge in [0.1, 0.15) is 0 Å². The molecule has 1 amide bonds. The fourth-order valence-corrected chi connectivity index (χ4v) is 5.14. The molecule has 9 nitrogen and oxygen atoms in total. The summed E-state index contributed by atoms with van der Waals surface area (Å²) in [5.74, 6) is -0.779. The molecule has 140 valence electrons. The number of amides is 1. The fourth-order valence-electron chi connectivity index (χ4n) is 2.45. The highest BCUT2D eigenvalue weighted by atomic mass is 32.2. The maximum Gasteiger partial charge on any atom is 0.242 e. The van der Waals surface area contributed by atoms with Crippen LogP contribution in [0.15, 0.2) is 23.1 Å². The van der Waals surface area contributed by atoms with Gasteiger partial charge in [0.05, 0.1) is 22.9 Å². The van der Waals surface area contributed by atoms with Crippen molar-refractivity contribution in [3.63, 3.8) is 0 Å². The van der Waals surface area contributed by atoms with Crippen LogP contribution in [0.4, 0.5) is 5.69 Å². The lowest BCUT2D eigenvalue weighted by molar-refractivity contribution is -0.116. The Balaban J connectivity index is 2.29. The highest BCUT2D eigenvalue weighted by Crippen LogP contribution is 2.28. The number of hydrogen-bond acceptors (Lipinski definition) is 7. The van der Waals surface area contributed by atoms with Crippen molar-refractivity contribution in [3.05, 3.63) is 23.8 Å². The number of benzene rings is 1. The van der Waals surface area contributed by atoms with E-state index in [0.29, 0.717) is 5.56 Å². The molecule has 0 unspecified atom stereocenters. The molecule has 11 heteroatoms. The number of hydrogen-bond donors (Lipinski definition) is 1. The Morgan fingerprint density at radius 2 is 1.92 bits per heavy atom. The number of methoxy groups -OCH3 is 2. The summed E-state index contributed by atoms with van der Waals surface area (Å²) in [6.45, 7) is 1.44. The maximum absolute atomic E-state index is 12.4. The number of rotatable bonds is 7. The van der Waals surface area contributed by atoms with Gasteiger partial charge in [-0.1, -0.05) is 0 Å². The van der Waals surface area contributed by atoms with Crippen LogP contribution in [0.5, 0.6) is 0 Å². The zero-order chi connectivity index (χ0) is 18.8. The fraction of sp³-hybridized carbons (Fsp3) is 0.500. The van der Waals surface area contributed by atoms with Gasteiger partial charge in [-0.3, -0.25) is 4.79 Å². The topological polar surface area (TPSA) is 119 Å². The lowest BCUT2D eigenvalue weighted by Gasteiger charge is -2.18. The van der Waals surface area contributed by atoms with Gasteiger partial charge in [0.2, 0.25) is 26.0 Å². The maximum atomic E-state index is 12.4. The van der Waals surface area contributed by atoms with Crippen LogP contribution >= 0.6 is 0 Å². The zero-order valence-corrected chi connectivity index (χ0v) is 15.7. The molecule has 0 aliphatic carbocycles. The largest absolute Gasteiger partial charge is 0.355 e. The summed E-state index contributed by atoms with van der Waals surface area (Å²) < 4.78 is 61.6. The molecule has 1 aliphatic rings. The van der Waals surface area contributed by atoms with Crippen LogP contribution in [0.2, 0.25) is 0 Å². The molecule has 1 N–H and O–H groups in total. The molecule has 0 spiro atoms. The number of aryl methyl sites for hydroxylation is 1. The quantitative estimate of drug-likeness (QED) is 0.647. The van der Waals surface area contributed by atoms with Crippen LogP contribution in [-0.4, -0.2) is 55.6 Å². The second kappa shape index (κ2) is 7.38. The van der Waals surface area contributed by atoms with E-state index >= 15 is 0 Å². The Morgan fingerprint density at radius 1 is 1.28 bits per heavy atom. The van der Waals surface area contributed by atoms with Crippen molar-refractivity contribution in [1.29, 1.82) is 0 Å². The van der Waals surface area contributed by atoms with Gasteiger partial charge < -0.3 is 9.47 Å². The molecular weight excluding hydrogens is 372 g/mol. The number of nitrogens with zero attached hydrogens (tertiary/aromatic N) is 1. The van der Waals surface area contributed by atoms with E-state index < -0.39 is 32.2 Å². The first-order chi connectivity index (χ1) is 11.6. The third-order valence-electron chi connectivity index (χ3n) is 3.73. The minimum atomic E-state index is -3.85. The molecule has 1 saturated heterocycles. The standard InChI is InChI=1S/C14H20N2O7S2/c1-10-8-11(16-13(17)6-7-24(16,18)19)4-5-12(10)25(20,21)15-9-14(22-2)23-3/h4-5,8,14-15H,6-7,9H2,1-3H3. The second-order valence-corrected chi connectivity index (χ2v) is 9.10. The molecular formula is C14H20N2O7S2. The van der Waals surface area contributed by atoms with Crippen LogP contribution in [0.25, 0.3) is 0 Å². The van der Waals surface area contributed by atoms with Crippen molar-refractivity contribution in [2.45, 2.75) is 24.5 Å². The van der Waals surface area contributed by atoms with Gasteiger partial charge in [-0.2, -0.15) is 0 Å². The van der Waals surface area contributed by atoms with Crippen LogP contribution < -0.4 is 9.03 Å². The van der Waals surface area contributed by atoms with Crippen molar-refractivity contribution in [2.75, 3.05) is 30.8 Å². The third-order valence-corrected chi connectivity index (χ3v) is 7.00. The highest BCUT2D eigenvalue weighted by molar-refractivity contribution is 7.94. The van der Waals surface area contributed by atoms with E-state index in [1.807, 2.05) is 0 Å². The van der Waals surface area contributed by atoms with Gasteiger partial charge in [-0.05, 0) is 30.7 Å². The van der Waals surface area contributed by atoms with Crippen molar-refractivity contribution < 1.29 is 31.1 Å². The summed E-state index contributed by atoms with van der Waals surface area (Å²) in [5.41, 5.74) is 0.442. The predicted molar refractivity (Wildman–Crippen MR) is 90.1 cm³/mol. The Labute approximate surface area is 147 Å².